The molecule has 2 N–H and O–H groups in total. The Kier molecular flexibility index (Phi) is 3.61. The van der Waals surface area contributed by atoms with Crippen molar-refractivity contribution in [2.24, 2.45) is 5.92 Å². The molecule has 1 fully saturated rings. The highest BCUT2D eigenvalue weighted by Gasteiger charge is 2.23. The number of imidazole rings is 1. The molecular weight excluding hydrogens is 270 g/mol. The summed E-state index contributed by atoms with van der Waals surface area (Å²) in [6.45, 7) is 3.49. The van der Waals surface area contributed by atoms with E-state index in [9.17, 15) is 9.90 Å². The number of hydrogen-bond donors (Lipinski definition) is 2. The maximum Gasteiger partial charge on any atom is 0.333 e. The Morgan fingerprint density at radius 1 is 1.33 bits per heavy atom. The van der Waals surface area contributed by atoms with Crippen LogP contribution in [0.1, 0.15) is 49.3 Å². The predicted octanol–water partition coefficient (Wildman–Crippen LogP) is 2.60. The van der Waals surface area contributed by atoms with Crippen LogP contribution in [-0.2, 0) is 6.42 Å². The lowest BCUT2D eigenvalue weighted by atomic mass is 9.86. The number of aromatic hydroxyl groups is 1. The molecule has 0 saturated heterocycles. The van der Waals surface area contributed by atoms with Crippen molar-refractivity contribution in [3.8, 4) is 11.6 Å². The van der Waals surface area contributed by atoms with Gasteiger partial charge in [-0.2, -0.15) is 0 Å². The second kappa shape index (κ2) is 5.42. The molecule has 114 valence electrons. The summed E-state index contributed by atoms with van der Waals surface area (Å²) in [5.41, 5.74) is 1.40. The minimum atomic E-state index is -0.340. The third-order valence-electron chi connectivity index (χ3n) is 4.38. The number of nitrogens with one attached hydrogen (secondary N) is 1. The lowest BCUT2D eigenvalue weighted by Gasteiger charge is -2.20. The average Bonchev–Trinajstić information content (AvgIpc) is 2.92. The number of aryl methyl sites for hydroxylation is 2. The highest BCUT2D eigenvalue weighted by atomic mass is 16.5. The molecule has 2 heterocycles. The van der Waals surface area contributed by atoms with Crippen LogP contribution < -0.4 is 5.69 Å². The number of rotatable bonds is 3. The van der Waals surface area contributed by atoms with Crippen LogP contribution in [0.2, 0.25) is 0 Å². The third-order valence-corrected chi connectivity index (χ3v) is 4.38. The molecule has 3 rings (SSSR count). The number of aromatic amines is 1. The van der Waals surface area contributed by atoms with Crippen molar-refractivity contribution >= 4 is 0 Å². The smallest absolute Gasteiger partial charge is 0.333 e. The van der Waals surface area contributed by atoms with E-state index in [1.54, 1.807) is 13.8 Å². The van der Waals surface area contributed by atoms with Gasteiger partial charge in [0.05, 0.1) is 5.69 Å². The van der Waals surface area contributed by atoms with Gasteiger partial charge in [-0.25, -0.2) is 9.36 Å². The Bertz CT molecular complexity index is 670. The van der Waals surface area contributed by atoms with Gasteiger partial charge in [-0.05, 0) is 26.2 Å². The highest BCUT2D eigenvalue weighted by molar-refractivity contribution is 5.43. The third kappa shape index (κ3) is 2.50. The molecule has 1 saturated carbocycles. The van der Waals surface area contributed by atoms with Crippen molar-refractivity contribution in [3.05, 3.63) is 27.6 Å². The zero-order valence-corrected chi connectivity index (χ0v) is 12.5. The summed E-state index contributed by atoms with van der Waals surface area (Å²) in [6.07, 6.45) is 6.81. The first-order valence-electron chi connectivity index (χ1n) is 7.54. The van der Waals surface area contributed by atoms with Crippen molar-refractivity contribution < 1.29 is 9.63 Å². The van der Waals surface area contributed by atoms with Gasteiger partial charge in [0.15, 0.2) is 5.76 Å². The molecule has 2 aromatic rings. The van der Waals surface area contributed by atoms with Crippen LogP contribution in [0.25, 0.3) is 5.69 Å². The monoisotopic (exact) mass is 291 g/mol. The van der Waals surface area contributed by atoms with Crippen LogP contribution >= 0.6 is 0 Å². The average molecular weight is 291 g/mol. The molecule has 1 aliphatic rings. The summed E-state index contributed by atoms with van der Waals surface area (Å²) in [7, 11) is 0. The molecule has 6 heteroatoms. The molecule has 0 spiro atoms. The fourth-order valence-corrected chi connectivity index (χ4v) is 3.30. The van der Waals surface area contributed by atoms with E-state index in [1.165, 1.54) is 23.8 Å². The van der Waals surface area contributed by atoms with Gasteiger partial charge in [-0.1, -0.05) is 37.3 Å². The molecule has 0 aliphatic heterocycles. The molecule has 0 bridgehead atoms. The molecule has 0 unspecified atom stereocenters. The van der Waals surface area contributed by atoms with E-state index in [2.05, 4.69) is 10.1 Å². The van der Waals surface area contributed by atoms with E-state index >= 15 is 0 Å². The zero-order chi connectivity index (χ0) is 15.0. The maximum atomic E-state index is 12.2. The first-order chi connectivity index (χ1) is 10.1. The van der Waals surface area contributed by atoms with Crippen molar-refractivity contribution in [1.82, 2.24) is 14.7 Å². The van der Waals surface area contributed by atoms with Gasteiger partial charge in [-0.3, -0.25) is 0 Å². The molecular formula is C15H21N3O3. The second-order valence-corrected chi connectivity index (χ2v) is 5.95. The highest BCUT2D eigenvalue weighted by Crippen LogP contribution is 2.30. The van der Waals surface area contributed by atoms with Gasteiger partial charge in [0.25, 0.3) is 0 Å². The molecule has 21 heavy (non-hydrogen) atoms. The number of aromatic nitrogens is 3. The number of H-pyrrole nitrogens is 1. The Labute approximate surface area is 122 Å². The summed E-state index contributed by atoms with van der Waals surface area (Å²) in [6, 6.07) is 0. The van der Waals surface area contributed by atoms with E-state index in [1.807, 2.05) is 0 Å². The van der Waals surface area contributed by atoms with E-state index < -0.39 is 0 Å². The Hall–Kier alpha value is -1.98. The van der Waals surface area contributed by atoms with Gasteiger partial charge >= 0.3 is 5.69 Å². The van der Waals surface area contributed by atoms with Crippen molar-refractivity contribution in [3.63, 3.8) is 0 Å². The van der Waals surface area contributed by atoms with Gasteiger partial charge in [0.1, 0.15) is 11.4 Å². The van der Waals surface area contributed by atoms with Crippen molar-refractivity contribution in [1.29, 1.82) is 0 Å². The maximum absolute atomic E-state index is 12.2. The first-order valence-corrected chi connectivity index (χ1v) is 7.54. The summed E-state index contributed by atoms with van der Waals surface area (Å²) in [5, 5.41) is 14.3. The summed E-state index contributed by atoms with van der Waals surface area (Å²) < 4.78 is 6.35. The standard InChI is InChI=1S/C15H21N3O3/c1-9-13(10(2)21-17-9)18-14(19)12(16-15(18)20)8-11-6-4-3-5-7-11/h11,19H,3-8H2,1-2H3,(H,16,20). The summed E-state index contributed by atoms with van der Waals surface area (Å²) >= 11 is 0. The van der Waals surface area contributed by atoms with Crippen molar-refractivity contribution in [2.45, 2.75) is 52.4 Å². The first kappa shape index (κ1) is 14.0. The molecule has 2 aromatic heterocycles. The summed E-state index contributed by atoms with van der Waals surface area (Å²) in [4.78, 5) is 15.0. The fraction of sp³-hybridized carbons (Fsp3) is 0.600. The largest absolute Gasteiger partial charge is 0.493 e. The van der Waals surface area contributed by atoms with Gasteiger partial charge in [0.2, 0.25) is 5.88 Å². The number of nitrogens with zero attached hydrogens (tertiary/aromatic N) is 2. The lowest BCUT2D eigenvalue weighted by molar-refractivity contribution is 0.347. The van der Waals surface area contributed by atoms with Crippen LogP contribution in [0.4, 0.5) is 0 Å². The van der Waals surface area contributed by atoms with Crippen LogP contribution in [-0.4, -0.2) is 19.8 Å². The summed E-state index contributed by atoms with van der Waals surface area (Å²) in [5.74, 6) is 1.05. The molecule has 0 amide bonds. The minimum absolute atomic E-state index is 0.0139. The minimum Gasteiger partial charge on any atom is -0.493 e. The van der Waals surface area contributed by atoms with Gasteiger partial charge in [-0.15, -0.1) is 0 Å². The second-order valence-electron chi connectivity index (χ2n) is 5.95. The molecule has 0 atom stereocenters. The predicted molar refractivity (Wildman–Crippen MR) is 77.9 cm³/mol. The Balaban J connectivity index is 1.95. The van der Waals surface area contributed by atoms with E-state index in [0.29, 0.717) is 28.8 Å². The Morgan fingerprint density at radius 2 is 2.05 bits per heavy atom. The molecule has 0 radical (unpaired) electrons. The van der Waals surface area contributed by atoms with Crippen LogP contribution in [0.3, 0.4) is 0 Å². The van der Waals surface area contributed by atoms with Crippen LogP contribution in [0, 0.1) is 19.8 Å². The van der Waals surface area contributed by atoms with E-state index in [-0.39, 0.29) is 11.6 Å². The molecule has 0 aromatic carbocycles. The lowest BCUT2D eigenvalue weighted by Crippen LogP contribution is -2.15. The Morgan fingerprint density at radius 3 is 2.67 bits per heavy atom. The van der Waals surface area contributed by atoms with E-state index in [4.69, 9.17) is 4.52 Å². The molecule has 6 nitrogen and oxygen atoms in total. The van der Waals surface area contributed by atoms with Gasteiger partial charge < -0.3 is 14.6 Å². The number of hydrogen-bond acceptors (Lipinski definition) is 4. The quantitative estimate of drug-likeness (QED) is 0.910. The van der Waals surface area contributed by atoms with Crippen LogP contribution in [0.5, 0.6) is 5.88 Å². The topological polar surface area (TPSA) is 84.0 Å². The van der Waals surface area contributed by atoms with E-state index in [0.717, 1.165) is 19.3 Å². The normalized spacial score (nSPS) is 16.5. The SMILES string of the molecule is Cc1noc(C)c1-n1c(O)c(CC2CCCCC2)[nH]c1=O. The van der Waals surface area contributed by atoms with Crippen LogP contribution in [0.15, 0.2) is 9.32 Å². The van der Waals surface area contributed by atoms with Crippen molar-refractivity contribution in [2.75, 3.05) is 0 Å². The fourth-order valence-electron chi connectivity index (χ4n) is 3.30. The molecule has 1 aliphatic carbocycles. The van der Waals surface area contributed by atoms with Gasteiger partial charge in [0, 0.05) is 0 Å². The zero-order valence-electron chi connectivity index (χ0n) is 12.5.